The highest BCUT2D eigenvalue weighted by molar-refractivity contribution is 7.53. The Labute approximate surface area is 109 Å². The van der Waals surface area contributed by atoms with E-state index in [-0.39, 0.29) is 6.61 Å². The van der Waals surface area contributed by atoms with E-state index in [2.05, 4.69) is 13.5 Å². The summed E-state index contributed by atoms with van der Waals surface area (Å²) in [6, 6.07) is 9.61. The zero-order chi connectivity index (χ0) is 13.3. The van der Waals surface area contributed by atoms with Crippen LogP contribution in [0, 0.1) is 0 Å². The van der Waals surface area contributed by atoms with Crippen LogP contribution in [-0.2, 0) is 19.8 Å². The average Bonchev–Trinajstić information content (AvgIpc) is 2.38. The van der Waals surface area contributed by atoms with Crippen molar-refractivity contribution in [3.63, 3.8) is 0 Å². The molecule has 100 valence electrons. The predicted molar refractivity (Wildman–Crippen MR) is 74.8 cm³/mol. The molecule has 0 radical (unpaired) electrons. The van der Waals surface area contributed by atoms with E-state index in [0.717, 1.165) is 18.4 Å². The van der Waals surface area contributed by atoms with Gasteiger partial charge in [0.2, 0.25) is 0 Å². The molecule has 0 aliphatic carbocycles. The van der Waals surface area contributed by atoms with E-state index in [1.54, 1.807) is 6.08 Å². The van der Waals surface area contributed by atoms with Crippen LogP contribution >= 0.6 is 7.60 Å². The molecule has 0 aliphatic heterocycles. The molecule has 1 unspecified atom stereocenters. The van der Waals surface area contributed by atoms with Crippen molar-refractivity contribution in [2.24, 2.45) is 0 Å². The van der Waals surface area contributed by atoms with Gasteiger partial charge in [-0.3, -0.25) is 4.57 Å². The Hall–Kier alpha value is -0.890. The van der Waals surface area contributed by atoms with Gasteiger partial charge >= 0.3 is 7.60 Å². The summed E-state index contributed by atoms with van der Waals surface area (Å²) in [5.41, 5.74) is 0.960. The first-order valence-corrected chi connectivity index (χ1v) is 7.96. The van der Waals surface area contributed by atoms with Gasteiger partial charge in [-0.15, -0.1) is 6.58 Å². The van der Waals surface area contributed by atoms with Gasteiger partial charge in [-0.2, -0.15) is 0 Å². The summed E-state index contributed by atoms with van der Waals surface area (Å²) in [6.07, 6.45) is 3.79. The SMILES string of the molecule is C=CCOP(=O)(Cc1ccccc1)OCCCC. The highest BCUT2D eigenvalue weighted by Crippen LogP contribution is 2.51. The Kier molecular flexibility index (Phi) is 6.96. The van der Waals surface area contributed by atoms with Crippen LogP contribution < -0.4 is 0 Å². The third kappa shape index (κ3) is 5.63. The molecule has 0 aliphatic rings. The highest BCUT2D eigenvalue weighted by atomic mass is 31.2. The average molecular weight is 268 g/mol. The van der Waals surface area contributed by atoms with E-state index in [0.29, 0.717) is 12.8 Å². The van der Waals surface area contributed by atoms with Crippen LogP contribution in [-0.4, -0.2) is 13.2 Å². The largest absolute Gasteiger partial charge is 0.335 e. The van der Waals surface area contributed by atoms with Gasteiger partial charge in [0.15, 0.2) is 0 Å². The summed E-state index contributed by atoms with van der Waals surface area (Å²) in [5, 5.41) is 0. The minimum atomic E-state index is -3.06. The predicted octanol–water partition coefficient (Wildman–Crippen LogP) is 4.40. The molecule has 0 fully saturated rings. The molecular weight excluding hydrogens is 247 g/mol. The summed E-state index contributed by atoms with van der Waals surface area (Å²) in [5.74, 6) is 0. The Bertz CT molecular complexity index is 389. The van der Waals surface area contributed by atoms with E-state index in [1.807, 2.05) is 30.3 Å². The monoisotopic (exact) mass is 268 g/mol. The fraction of sp³-hybridized carbons (Fsp3) is 0.429. The highest BCUT2D eigenvalue weighted by Gasteiger charge is 2.24. The van der Waals surface area contributed by atoms with E-state index in [4.69, 9.17) is 9.05 Å². The molecule has 0 bridgehead atoms. The lowest BCUT2D eigenvalue weighted by Gasteiger charge is -2.17. The number of rotatable bonds is 9. The van der Waals surface area contributed by atoms with Crippen molar-refractivity contribution in [2.75, 3.05) is 13.2 Å². The van der Waals surface area contributed by atoms with Crippen molar-refractivity contribution in [3.05, 3.63) is 48.6 Å². The third-order valence-electron chi connectivity index (χ3n) is 2.39. The second-order valence-corrected chi connectivity index (χ2v) is 6.08. The van der Waals surface area contributed by atoms with Gasteiger partial charge in [0, 0.05) is 0 Å². The van der Waals surface area contributed by atoms with Gasteiger partial charge in [0.25, 0.3) is 0 Å². The van der Waals surface area contributed by atoms with Crippen molar-refractivity contribution in [2.45, 2.75) is 25.9 Å². The van der Waals surface area contributed by atoms with Crippen LogP contribution in [0.25, 0.3) is 0 Å². The molecular formula is C14H21O3P. The van der Waals surface area contributed by atoms with Gasteiger partial charge in [-0.1, -0.05) is 49.8 Å². The minimum absolute atomic E-state index is 0.246. The van der Waals surface area contributed by atoms with E-state index >= 15 is 0 Å². The maximum atomic E-state index is 12.5. The quantitative estimate of drug-likeness (QED) is 0.378. The summed E-state index contributed by atoms with van der Waals surface area (Å²) in [4.78, 5) is 0. The van der Waals surface area contributed by atoms with Gasteiger partial charge in [-0.25, -0.2) is 0 Å². The van der Waals surface area contributed by atoms with Gasteiger partial charge in [0.1, 0.15) is 0 Å². The fourth-order valence-electron chi connectivity index (χ4n) is 1.45. The Morgan fingerprint density at radius 2 is 2.00 bits per heavy atom. The molecule has 0 saturated carbocycles. The third-order valence-corrected chi connectivity index (χ3v) is 4.26. The van der Waals surface area contributed by atoms with Crippen LogP contribution in [0.4, 0.5) is 0 Å². The standard InChI is InChI=1S/C14H21O3P/c1-3-5-12-17-18(15,16-11-4-2)13-14-9-7-6-8-10-14/h4,6-10H,2-3,5,11-13H2,1H3. The van der Waals surface area contributed by atoms with Crippen LogP contribution in [0.3, 0.4) is 0 Å². The molecule has 1 aromatic carbocycles. The molecule has 1 rings (SSSR count). The Morgan fingerprint density at radius 3 is 2.61 bits per heavy atom. The van der Waals surface area contributed by atoms with E-state index in [1.165, 1.54) is 0 Å². The topological polar surface area (TPSA) is 35.5 Å². The van der Waals surface area contributed by atoms with Crippen molar-refractivity contribution in [3.8, 4) is 0 Å². The maximum Gasteiger partial charge on any atom is 0.335 e. The van der Waals surface area contributed by atoms with Gasteiger partial charge in [0.05, 0.1) is 19.4 Å². The zero-order valence-corrected chi connectivity index (χ0v) is 11.8. The van der Waals surface area contributed by atoms with E-state index < -0.39 is 7.60 Å². The number of benzene rings is 1. The lowest BCUT2D eigenvalue weighted by Crippen LogP contribution is -2.01. The molecule has 3 nitrogen and oxygen atoms in total. The smallest absolute Gasteiger partial charge is 0.308 e. The van der Waals surface area contributed by atoms with Crippen molar-refractivity contribution < 1.29 is 13.6 Å². The van der Waals surface area contributed by atoms with Gasteiger partial charge < -0.3 is 9.05 Å². The summed E-state index contributed by atoms with van der Waals surface area (Å²) in [7, 11) is -3.06. The second-order valence-electron chi connectivity index (χ2n) is 4.03. The first-order chi connectivity index (χ1) is 8.70. The number of unbranched alkanes of at least 4 members (excludes halogenated alkanes) is 1. The van der Waals surface area contributed by atoms with Crippen molar-refractivity contribution in [1.29, 1.82) is 0 Å². The summed E-state index contributed by atoms with van der Waals surface area (Å²) in [6.45, 7) is 6.35. The summed E-state index contributed by atoms with van der Waals surface area (Å²) >= 11 is 0. The zero-order valence-electron chi connectivity index (χ0n) is 10.9. The molecule has 18 heavy (non-hydrogen) atoms. The van der Waals surface area contributed by atoms with E-state index in [9.17, 15) is 4.57 Å². The molecule has 0 N–H and O–H groups in total. The fourth-order valence-corrected chi connectivity index (χ4v) is 3.10. The van der Waals surface area contributed by atoms with Gasteiger partial charge in [-0.05, 0) is 12.0 Å². The molecule has 0 saturated heterocycles. The molecule has 4 heteroatoms. The van der Waals surface area contributed by atoms with Crippen LogP contribution in [0.5, 0.6) is 0 Å². The normalized spacial score (nSPS) is 14.1. The van der Waals surface area contributed by atoms with Crippen molar-refractivity contribution in [1.82, 2.24) is 0 Å². The lowest BCUT2D eigenvalue weighted by molar-refractivity contribution is 0.215. The molecule has 0 aromatic heterocycles. The first-order valence-electron chi connectivity index (χ1n) is 6.23. The molecule has 0 heterocycles. The van der Waals surface area contributed by atoms with Crippen molar-refractivity contribution >= 4 is 7.60 Å². The first kappa shape index (κ1) is 15.2. The Morgan fingerprint density at radius 1 is 1.28 bits per heavy atom. The summed E-state index contributed by atoms with van der Waals surface area (Å²) < 4.78 is 23.3. The molecule has 0 spiro atoms. The van der Waals surface area contributed by atoms with Crippen LogP contribution in [0.1, 0.15) is 25.3 Å². The molecule has 0 amide bonds. The second kappa shape index (κ2) is 8.25. The lowest BCUT2D eigenvalue weighted by atomic mass is 10.2. The number of hydrogen-bond donors (Lipinski definition) is 0. The number of hydrogen-bond acceptors (Lipinski definition) is 3. The maximum absolute atomic E-state index is 12.5. The minimum Gasteiger partial charge on any atom is -0.308 e. The van der Waals surface area contributed by atoms with Crippen LogP contribution in [0.15, 0.2) is 43.0 Å². The Balaban J connectivity index is 2.64. The van der Waals surface area contributed by atoms with Crippen LogP contribution in [0.2, 0.25) is 0 Å². The molecule has 1 aromatic rings. The molecule has 1 atom stereocenters.